The van der Waals surface area contributed by atoms with Crippen LogP contribution in [0, 0.1) is 17.7 Å². The SMILES string of the molecule is O=C(c1cc(F)ccc1OCC1CC1)C1CC2CCCC(C1)N2C(=O)OCC1c2ccccc2-c2ccccc21. The molecule has 2 aliphatic carbocycles. The van der Waals surface area contributed by atoms with E-state index in [1.807, 2.05) is 29.2 Å². The van der Waals surface area contributed by atoms with E-state index in [1.54, 1.807) is 6.07 Å². The molecule has 0 aromatic heterocycles. The average Bonchev–Trinajstić information content (AvgIpc) is 3.75. The van der Waals surface area contributed by atoms with E-state index < -0.39 is 5.82 Å². The van der Waals surface area contributed by atoms with Crippen molar-refractivity contribution >= 4 is 11.9 Å². The first-order valence-electron chi connectivity index (χ1n) is 14.7. The zero-order chi connectivity index (χ0) is 27.2. The predicted molar refractivity (Wildman–Crippen MR) is 150 cm³/mol. The second kappa shape index (κ2) is 10.4. The van der Waals surface area contributed by atoms with E-state index in [-0.39, 0.29) is 42.4 Å². The van der Waals surface area contributed by atoms with Gasteiger partial charge in [0.15, 0.2) is 5.78 Å². The summed E-state index contributed by atoms with van der Waals surface area (Å²) < 4.78 is 26.2. The molecule has 3 fully saturated rings. The van der Waals surface area contributed by atoms with Crippen molar-refractivity contribution in [2.24, 2.45) is 11.8 Å². The molecule has 3 aromatic rings. The molecule has 0 N–H and O–H groups in total. The second-order valence-corrected chi connectivity index (χ2v) is 11.9. The van der Waals surface area contributed by atoms with Crippen LogP contribution in [0.5, 0.6) is 5.75 Å². The maximum Gasteiger partial charge on any atom is 0.410 e. The van der Waals surface area contributed by atoms with E-state index in [0.29, 0.717) is 36.7 Å². The van der Waals surface area contributed by atoms with Gasteiger partial charge in [-0.3, -0.25) is 4.79 Å². The molecule has 1 saturated carbocycles. The molecule has 0 spiro atoms. The number of halogens is 1. The largest absolute Gasteiger partial charge is 0.493 e. The molecule has 6 heteroatoms. The molecular weight excluding hydrogens is 505 g/mol. The number of carbonyl (C=O) groups excluding carboxylic acids is 2. The van der Waals surface area contributed by atoms with Gasteiger partial charge in [0.05, 0.1) is 12.2 Å². The Hall–Kier alpha value is -3.67. The van der Waals surface area contributed by atoms with Gasteiger partial charge in [0, 0.05) is 23.9 Å². The van der Waals surface area contributed by atoms with Crippen LogP contribution in [-0.2, 0) is 4.74 Å². The van der Waals surface area contributed by atoms with E-state index in [9.17, 15) is 14.0 Å². The van der Waals surface area contributed by atoms with Gasteiger partial charge in [0.1, 0.15) is 18.2 Å². The zero-order valence-electron chi connectivity index (χ0n) is 22.6. The Kier molecular flexibility index (Phi) is 6.57. The van der Waals surface area contributed by atoms with Crippen LogP contribution < -0.4 is 4.74 Å². The van der Waals surface area contributed by atoms with Gasteiger partial charge in [-0.25, -0.2) is 9.18 Å². The van der Waals surface area contributed by atoms with Crippen LogP contribution in [-0.4, -0.2) is 42.1 Å². The fourth-order valence-corrected chi connectivity index (χ4v) is 7.09. The summed E-state index contributed by atoms with van der Waals surface area (Å²) in [5.41, 5.74) is 5.12. The van der Waals surface area contributed by atoms with Gasteiger partial charge in [0.2, 0.25) is 0 Å². The highest BCUT2D eigenvalue weighted by atomic mass is 19.1. The van der Waals surface area contributed by atoms with Crippen molar-refractivity contribution in [3.63, 3.8) is 0 Å². The van der Waals surface area contributed by atoms with Crippen LogP contribution in [0.25, 0.3) is 11.1 Å². The number of ether oxygens (including phenoxy) is 2. The van der Waals surface area contributed by atoms with E-state index >= 15 is 0 Å². The van der Waals surface area contributed by atoms with Crippen molar-refractivity contribution in [3.05, 3.63) is 89.2 Å². The minimum Gasteiger partial charge on any atom is -0.493 e. The lowest BCUT2D eigenvalue weighted by Crippen LogP contribution is -2.55. The lowest BCUT2D eigenvalue weighted by atomic mass is 9.75. The molecule has 2 heterocycles. The highest BCUT2D eigenvalue weighted by Crippen LogP contribution is 2.45. The predicted octanol–water partition coefficient (Wildman–Crippen LogP) is 7.38. The third kappa shape index (κ3) is 4.67. The first-order valence-corrected chi connectivity index (χ1v) is 14.7. The Morgan fingerprint density at radius 1 is 0.825 bits per heavy atom. The molecule has 2 saturated heterocycles. The Morgan fingerprint density at radius 2 is 1.48 bits per heavy atom. The fourth-order valence-electron chi connectivity index (χ4n) is 7.09. The van der Waals surface area contributed by atoms with E-state index in [0.717, 1.165) is 32.1 Å². The third-order valence-electron chi connectivity index (χ3n) is 9.27. The Labute approximate surface area is 234 Å². The smallest absolute Gasteiger partial charge is 0.410 e. The summed E-state index contributed by atoms with van der Waals surface area (Å²) in [5.74, 6) is 0.248. The molecule has 2 bridgehead atoms. The summed E-state index contributed by atoms with van der Waals surface area (Å²) in [6.07, 6.45) is 5.85. The van der Waals surface area contributed by atoms with Crippen molar-refractivity contribution in [1.82, 2.24) is 4.90 Å². The minimum absolute atomic E-state index is 0.0114. The van der Waals surface area contributed by atoms with Crippen molar-refractivity contribution in [1.29, 1.82) is 0 Å². The number of Topliss-reactive ketones (excluding diaryl/α,β-unsaturated/α-hetero) is 1. The van der Waals surface area contributed by atoms with Gasteiger partial charge in [0.25, 0.3) is 0 Å². The number of amides is 1. The molecular formula is C34H34FNO4. The number of benzene rings is 3. The summed E-state index contributed by atoms with van der Waals surface area (Å²) in [4.78, 5) is 29.1. The molecule has 2 aliphatic heterocycles. The molecule has 206 valence electrons. The fraction of sp³-hybridized carbons (Fsp3) is 0.412. The maximum absolute atomic E-state index is 14.2. The van der Waals surface area contributed by atoms with Gasteiger partial charge in [-0.2, -0.15) is 0 Å². The minimum atomic E-state index is -0.432. The second-order valence-electron chi connectivity index (χ2n) is 11.9. The molecule has 5 nitrogen and oxygen atoms in total. The Morgan fingerprint density at radius 3 is 2.12 bits per heavy atom. The Bertz CT molecular complexity index is 1390. The first kappa shape index (κ1) is 25.3. The molecule has 4 aliphatic rings. The topological polar surface area (TPSA) is 55.8 Å². The van der Waals surface area contributed by atoms with Crippen LogP contribution in [0.1, 0.15) is 72.3 Å². The van der Waals surface area contributed by atoms with Crippen molar-refractivity contribution in [3.8, 4) is 16.9 Å². The molecule has 1 amide bonds. The molecule has 7 rings (SSSR count). The number of hydrogen-bond acceptors (Lipinski definition) is 4. The van der Waals surface area contributed by atoms with Crippen LogP contribution in [0.4, 0.5) is 9.18 Å². The number of ketones is 1. The molecule has 2 unspecified atom stereocenters. The quantitative estimate of drug-likeness (QED) is 0.294. The normalized spacial score (nSPS) is 23.3. The van der Waals surface area contributed by atoms with Gasteiger partial charge in [-0.1, -0.05) is 48.5 Å². The van der Waals surface area contributed by atoms with Crippen LogP contribution >= 0.6 is 0 Å². The number of hydrogen-bond donors (Lipinski definition) is 0. The van der Waals surface area contributed by atoms with Crippen LogP contribution in [0.15, 0.2) is 66.7 Å². The number of rotatable bonds is 7. The molecule has 3 aromatic carbocycles. The third-order valence-corrected chi connectivity index (χ3v) is 9.27. The van der Waals surface area contributed by atoms with Gasteiger partial charge >= 0.3 is 6.09 Å². The summed E-state index contributed by atoms with van der Waals surface area (Å²) in [6, 6.07) is 20.8. The standard InChI is InChI=1S/C34H34FNO4/c35-23-14-15-32(39-19-21-12-13-21)30(18-23)33(37)22-16-24-6-5-7-25(17-22)36(24)34(38)40-20-31-28-10-3-1-8-26(28)27-9-2-4-11-29(27)31/h1-4,8-11,14-15,18,21-22,24-25,31H,5-7,12-13,16-17,19-20H2. The van der Waals surface area contributed by atoms with Gasteiger partial charge < -0.3 is 14.4 Å². The summed E-state index contributed by atoms with van der Waals surface area (Å²) >= 11 is 0. The average molecular weight is 540 g/mol. The molecule has 0 radical (unpaired) electrons. The Balaban J connectivity index is 1.05. The number of carbonyl (C=O) groups is 2. The van der Waals surface area contributed by atoms with Crippen molar-refractivity contribution in [2.45, 2.75) is 62.9 Å². The van der Waals surface area contributed by atoms with Crippen LogP contribution in [0.2, 0.25) is 0 Å². The summed E-state index contributed by atoms with van der Waals surface area (Å²) in [6.45, 7) is 0.855. The molecule has 2 atom stereocenters. The lowest BCUT2D eigenvalue weighted by Gasteiger charge is -2.47. The van der Waals surface area contributed by atoms with E-state index in [4.69, 9.17) is 9.47 Å². The van der Waals surface area contributed by atoms with E-state index in [1.165, 1.54) is 34.4 Å². The highest BCUT2D eigenvalue weighted by Gasteiger charge is 2.44. The first-order chi connectivity index (χ1) is 19.6. The maximum atomic E-state index is 14.2. The zero-order valence-corrected chi connectivity index (χ0v) is 22.6. The number of fused-ring (bicyclic) bond motifs is 5. The van der Waals surface area contributed by atoms with Gasteiger partial charge in [-0.15, -0.1) is 0 Å². The number of piperidine rings is 2. The van der Waals surface area contributed by atoms with Crippen molar-refractivity contribution < 1.29 is 23.5 Å². The lowest BCUT2D eigenvalue weighted by molar-refractivity contribution is 0.00643. The molecule has 40 heavy (non-hydrogen) atoms. The summed E-state index contributed by atoms with van der Waals surface area (Å²) in [5, 5.41) is 0. The van der Waals surface area contributed by atoms with Crippen molar-refractivity contribution in [2.75, 3.05) is 13.2 Å². The summed E-state index contributed by atoms with van der Waals surface area (Å²) in [7, 11) is 0. The highest BCUT2D eigenvalue weighted by molar-refractivity contribution is 6.00. The van der Waals surface area contributed by atoms with Crippen LogP contribution in [0.3, 0.4) is 0 Å². The number of nitrogens with zero attached hydrogens (tertiary/aromatic N) is 1. The monoisotopic (exact) mass is 539 g/mol. The van der Waals surface area contributed by atoms with E-state index in [2.05, 4.69) is 24.3 Å². The van der Waals surface area contributed by atoms with Gasteiger partial charge in [-0.05, 0) is 91.3 Å².